The molecule has 0 bridgehead atoms. The summed E-state index contributed by atoms with van der Waals surface area (Å²) in [5, 5.41) is 17.3. The first kappa shape index (κ1) is 12.4. The van der Waals surface area contributed by atoms with Crippen LogP contribution in [0.1, 0.15) is 39.2 Å². The zero-order chi connectivity index (χ0) is 12.5. The Balaban J connectivity index is 2.06. The Morgan fingerprint density at radius 2 is 2.47 bits per heavy atom. The molecule has 1 fully saturated rings. The minimum atomic E-state index is -0.823. The lowest BCUT2D eigenvalue weighted by Crippen LogP contribution is -2.10. The highest BCUT2D eigenvalue weighted by molar-refractivity contribution is 7.99. The zero-order valence-corrected chi connectivity index (χ0v) is 10.9. The first-order valence-electron chi connectivity index (χ1n) is 5.72. The average molecular weight is 255 g/mol. The molecule has 6 heteroatoms. The molecule has 1 saturated carbocycles. The number of carbonyl (C=O) groups is 1. The third-order valence-electron chi connectivity index (χ3n) is 3.20. The van der Waals surface area contributed by atoms with Crippen molar-refractivity contribution in [3.05, 3.63) is 6.33 Å². The van der Waals surface area contributed by atoms with E-state index in [1.54, 1.807) is 6.33 Å². The standard InChI is InChI=1S/C11H17N3O2S/c1-11(2)4-3-8(5-11)14-7-12-13-10(14)17-6-9(15)16/h7-8H,3-6H2,1-2H3,(H,15,16). The van der Waals surface area contributed by atoms with Crippen LogP contribution in [0.15, 0.2) is 11.5 Å². The second kappa shape index (κ2) is 4.68. The van der Waals surface area contributed by atoms with Crippen molar-refractivity contribution in [3.63, 3.8) is 0 Å². The highest BCUT2D eigenvalue weighted by Gasteiger charge is 2.33. The Morgan fingerprint density at radius 3 is 3.06 bits per heavy atom. The molecule has 5 nitrogen and oxygen atoms in total. The lowest BCUT2D eigenvalue weighted by Gasteiger charge is -2.18. The van der Waals surface area contributed by atoms with E-state index in [4.69, 9.17) is 5.11 Å². The minimum absolute atomic E-state index is 0.0365. The van der Waals surface area contributed by atoms with Gasteiger partial charge in [0, 0.05) is 6.04 Å². The molecular formula is C11H17N3O2S. The van der Waals surface area contributed by atoms with Crippen LogP contribution < -0.4 is 0 Å². The number of thioether (sulfide) groups is 1. The SMILES string of the molecule is CC1(C)CCC(n2cnnc2SCC(=O)O)C1. The predicted molar refractivity (Wildman–Crippen MR) is 65.1 cm³/mol. The van der Waals surface area contributed by atoms with Crippen LogP contribution in [0, 0.1) is 5.41 Å². The Hall–Kier alpha value is -1.04. The van der Waals surface area contributed by atoms with Crippen molar-refractivity contribution in [2.24, 2.45) is 5.41 Å². The van der Waals surface area contributed by atoms with E-state index < -0.39 is 5.97 Å². The monoisotopic (exact) mass is 255 g/mol. The van der Waals surface area contributed by atoms with Crippen LogP contribution in [0.3, 0.4) is 0 Å². The van der Waals surface area contributed by atoms with E-state index in [-0.39, 0.29) is 5.75 Å². The Bertz CT molecular complexity index is 417. The van der Waals surface area contributed by atoms with Gasteiger partial charge in [-0.2, -0.15) is 0 Å². The van der Waals surface area contributed by atoms with E-state index in [9.17, 15) is 4.79 Å². The maximum Gasteiger partial charge on any atom is 0.313 e. The second-order valence-electron chi connectivity index (χ2n) is 5.26. The maximum atomic E-state index is 10.6. The number of carboxylic acid groups (broad SMARTS) is 1. The largest absolute Gasteiger partial charge is 0.481 e. The van der Waals surface area contributed by atoms with Crippen LogP contribution in [0.25, 0.3) is 0 Å². The summed E-state index contributed by atoms with van der Waals surface area (Å²) in [4.78, 5) is 10.6. The van der Waals surface area contributed by atoms with E-state index in [1.165, 1.54) is 18.2 Å². The molecule has 1 atom stereocenters. The van der Waals surface area contributed by atoms with E-state index >= 15 is 0 Å². The van der Waals surface area contributed by atoms with Gasteiger partial charge in [-0.05, 0) is 24.7 Å². The molecule has 2 rings (SSSR count). The summed E-state index contributed by atoms with van der Waals surface area (Å²) in [6.45, 7) is 4.53. The number of aromatic nitrogens is 3. The fourth-order valence-corrected chi connectivity index (χ4v) is 3.05. The molecule has 1 aliphatic carbocycles. The fourth-order valence-electron chi connectivity index (χ4n) is 2.35. The fraction of sp³-hybridized carbons (Fsp3) is 0.727. The van der Waals surface area contributed by atoms with Crippen molar-refractivity contribution in [2.45, 2.75) is 44.3 Å². The molecule has 94 valence electrons. The highest BCUT2D eigenvalue weighted by Crippen LogP contribution is 2.44. The van der Waals surface area contributed by atoms with Gasteiger partial charge in [-0.15, -0.1) is 10.2 Å². The van der Waals surface area contributed by atoms with Gasteiger partial charge >= 0.3 is 5.97 Å². The van der Waals surface area contributed by atoms with Gasteiger partial charge in [0.1, 0.15) is 6.33 Å². The minimum Gasteiger partial charge on any atom is -0.481 e. The van der Waals surface area contributed by atoms with Gasteiger partial charge in [-0.3, -0.25) is 4.79 Å². The summed E-state index contributed by atoms with van der Waals surface area (Å²) in [5.41, 5.74) is 0.365. The van der Waals surface area contributed by atoms with Crippen molar-refractivity contribution < 1.29 is 9.90 Å². The molecular weight excluding hydrogens is 238 g/mol. The van der Waals surface area contributed by atoms with Gasteiger partial charge in [-0.1, -0.05) is 25.6 Å². The lowest BCUT2D eigenvalue weighted by molar-refractivity contribution is -0.133. The summed E-state index contributed by atoms with van der Waals surface area (Å²) < 4.78 is 2.03. The number of rotatable bonds is 4. The molecule has 0 aromatic carbocycles. The van der Waals surface area contributed by atoms with Gasteiger partial charge in [-0.25, -0.2) is 0 Å². The predicted octanol–water partition coefficient (Wildman–Crippen LogP) is 2.21. The first-order chi connectivity index (χ1) is 7.98. The Labute approximate surface area is 105 Å². The molecule has 1 heterocycles. The van der Waals surface area contributed by atoms with Crippen molar-refractivity contribution in [1.29, 1.82) is 0 Å². The molecule has 1 aromatic rings. The van der Waals surface area contributed by atoms with Crippen molar-refractivity contribution in [2.75, 3.05) is 5.75 Å². The molecule has 0 spiro atoms. The molecule has 1 aliphatic rings. The topological polar surface area (TPSA) is 68.0 Å². The number of nitrogens with zero attached hydrogens (tertiary/aromatic N) is 3. The molecule has 1 aromatic heterocycles. The Kier molecular flexibility index (Phi) is 3.42. The first-order valence-corrected chi connectivity index (χ1v) is 6.71. The molecule has 0 saturated heterocycles. The number of hydrogen-bond donors (Lipinski definition) is 1. The summed E-state index contributed by atoms with van der Waals surface area (Å²) >= 11 is 1.24. The van der Waals surface area contributed by atoms with Crippen LogP contribution in [0.5, 0.6) is 0 Å². The van der Waals surface area contributed by atoms with Crippen LogP contribution in [0.2, 0.25) is 0 Å². The van der Waals surface area contributed by atoms with Crippen molar-refractivity contribution >= 4 is 17.7 Å². The van der Waals surface area contributed by atoms with Gasteiger partial charge in [0.2, 0.25) is 0 Å². The quantitative estimate of drug-likeness (QED) is 0.835. The van der Waals surface area contributed by atoms with Gasteiger partial charge in [0.25, 0.3) is 0 Å². The number of aliphatic carboxylic acids is 1. The summed E-state index contributed by atoms with van der Waals surface area (Å²) in [6.07, 6.45) is 5.13. The lowest BCUT2D eigenvalue weighted by atomic mass is 9.92. The van der Waals surface area contributed by atoms with E-state index in [0.717, 1.165) is 18.0 Å². The van der Waals surface area contributed by atoms with Crippen molar-refractivity contribution in [3.8, 4) is 0 Å². The van der Waals surface area contributed by atoms with Gasteiger partial charge in [0.15, 0.2) is 5.16 Å². The van der Waals surface area contributed by atoms with Crippen LogP contribution in [-0.4, -0.2) is 31.6 Å². The number of hydrogen-bond acceptors (Lipinski definition) is 4. The smallest absolute Gasteiger partial charge is 0.313 e. The third-order valence-corrected chi connectivity index (χ3v) is 4.14. The van der Waals surface area contributed by atoms with Crippen LogP contribution >= 0.6 is 11.8 Å². The summed E-state index contributed by atoms with van der Waals surface area (Å²) in [7, 11) is 0. The maximum absolute atomic E-state index is 10.6. The highest BCUT2D eigenvalue weighted by atomic mass is 32.2. The molecule has 0 amide bonds. The van der Waals surface area contributed by atoms with Gasteiger partial charge in [0.05, 0.1) is 5.75 Å². The number of carboxylic acids is 1. The van der Waals surface area contributed by atoms with Crippen molar-refractivity contribution in [1.82, 2.24) is 14.8 Å². The van der Waals surface area contributed by atoms with E-state index in [1.807, 2.05) is 4.57 Å². The molecule has 0 radical (unpaired) electrons. The van der Waals surface area contributed by atoms with E-state index in [2.05, 4.69) is 24.0 Å². The molecule has 0 aliphatic heterocycles. The normalized spacial score (nSPS) is 22.8. The molecule has 1 unspecified atom stereocenters. The van der Waals surface area contributed by atoms with Crippen LogP contribution in [-0.2, 0) is 4.79 Å². The van der Waals surface area contributed by atoms with Gasteiger partial charge < -0.3 is 9.67 Å². The average Bonchev–Trinajstić information content (AvgIpc) is 2.80. The summed E-state index contributed by atoms with van der Waals surface area (Å²) in [6, 6.07) is 0.413. The molecule has 17 heavy (non-hydrogen) atoms. The second-order valence-corrected chi connectivity index (χ2v) is 6.21. The Morgan fingerprint density at radius 1 is 1.71 bits per heavy atom. The summed E-state index contributed by atoms with van der Waals surface area (Å²) in [5.74, 6) is -0.786. The zero-order valence-electron chi connectivity index (χ0n) is 10.1. The van der Waals surface area contributed by atoms with Crippen LogP contribution in [0.4, 0.5) is 0 Å². The van der Waals surface area contributed by atoms with E-state index in [0.29, 0.717) is 11.5 Å². The third kappa shape index (κ3) is 3.00. The molecule has 1 N–H and O–H groups in total.